The van der Waals surface area contributed by atoms with E-state index in [-0.39, 0.29) is 12.1 Å². The van der Waals surface area contributed by atoms with Gasteiger partial charge < -0.3 is 0 Å². The minimum Gasteiger partial charge on any atom is -0.300 e. The maximum Gasteiger partial charge on any atom is 0.116 e. The Labute approximate surface area is 157 Å². The van der Waals surface area contributed by atoms with Gasteiger partial charge in [-0.1, -0.05) is 54.4 Å². The van der Waals surface area contributed by atoms with Crippen LogP contribution in [0.3, 0.4) is 0 Å². The van der Waals surface area contributed by atoms with Gasteiger partial charge in [-0.2, -0.15) is 0 Å². The molecule has 3 rings (SSSR count). The molecule has 2 heterocycles. The molecule has 1 aromatic carbocycles. The van der Waals surface area contributed by atoms with Crippen molar-refractivity contribution in [1.29, 1.82) is 0 Å². The number of nitrogens with one attached hydrogen (secondary N) is 2. The molecule has 0 aromatic heterocycles. The van der Waals surface area contributed by atoms with Crippen molar-refractivity contribution >= 4 is 11.6 Å². The lowest BCUT2D eigenvalue weighted by atomic mass is 9.80. The highest BCUT2D eigenvalue weighted by Gasteiger charge is 2.42. The van der Waals surface area contributed by atoms with Crippen molar-refractivity contribution in [2.45, 2.75) is 57.1 Å². The van der Waals surface area contributed by atoms with Gasteiger partial charge in [-0.15, -0.1) is 0 Å². The largest absolute Gasteiger partial charge is 0.300 e. The van der Waals surface area contributed by atoms with Gasteiger partial charge in [0.1, 0.15) is 5.00 Å². The molecule has 0 spiro atoms. The van der Waals surface area contributed by atoms with Crippen molar-refractivity contribution in [2.75, 3.05) is 26.2 Å². The highest BCUT2D eigenvalue weighted by molar-refractivity contribution is 6.25. The average molecular weight is 362 g/mol. The van der Waals surface area contributed by atoms with Crippen molar-refractivity contribution in [3.8, 4) is 0 Å². The third-order valence-corrected chi connectivity index (χ3v) is 6.28. The molecule has 2 fully saturated rings. The topological polar surface area (TPSA) is 27.3 Å². The number of rotatable bonds is 6. The summed E-state index contributed by atoms with van der Waals surface area (Å²) in [4.78, 5) is 2.02. The number of hydrogen-bond donors (Lipinski definition) is 2. The molecular weight excluding hydrogens is 330 g/mol. The number of allylic oxidation sites excluding steroid dienone is 1. The van der Waals surface area contributed by atoms with Gasteiger partial charge in [-0.3, -0.25) is 15.5 Å². The Kier molecular flexibility index (Phi) is 6.21. The molecule has 25 heavy (non-hydrogen) atoms. The van der Waals surface area contributed by atoms with E-state index in [0.29, 0.717) is 0 Å². The first-order valence-corrected chi connectivity index (χ1v) is 10.1. The maximum absolute atomic E-state index is 7.32. The first-order valence-electron chi connectivity index (χ1n) is 9.71. The molecule has 2 N–H and O–H groups in total. The van der Waals surface area contributed by atoms with Gasteiger partial charge in [0, 0.05) is 32.1 Å². The summed E-state index contributed by atoms with van der Waals surface area (Å²) < 4.78 is 0. The van der Waals surface area contributed by atoms with Gasteiger partial charge in [-0.05, 0) is 44.2 Å². The molecule has 2 unspecified atom stereocenters. The Bertz CT molecular complexity index is 584. The van der Waals surface area contributed by atoms with Crippen LogP contribution >= 0.6 is 11.6 Å². The molecule has 2 aliphatic heterocycles. The molecule has 0 radical (unpaired) electrons. The molecule has 2 aliphatic rings. The number of halogens is 1. The molecule has 0 amide bonds. The Morgan fingerprint density at radius 3 is 2.36 bits per heavy atom. The van der Waals surface area contributed by atoms with Gasteiger partial charge in [0.2, 0.25) is 0 Å². The molecule has 0 bridgehead atoms. The molecule has 2 saturated heterocycles. The molecule has 2 atom stereocenters. The highest BCUT2D eigenvalue weighted by Crippen LogP contribution is 2.44. The Balaban J connectivity index is 2.07. The summed E-state index contributed by atoms with van der Waals surface area (Å²) in [6.45, 7) is 10.9. The van der Waals surface area contributed by atoms with E-state index in [9.17, 15) is 0 Å². The molecule has 0 saturated carbocycles. The number of hydrogen-bond acceptors (Lipinski definition) is 3. The van der Waals surface area contributed by atoms with Gasteiger partial charge in [-0.25, -0.2) is 0 Å². The van der Waals surface area contributed by atoms with E-state index in [1.165, 1.54) is 29.6 Å². The minimum absolute atomic E-state index is 0.236. The summed E-state index contributed by atoms with van der Waals surface area (Å²) in [5, 5.41) is 7.31. The van der Waals surface area contributed by atoms with Crippen LogP contribution in [0.2, 0.25) is 0 Å². The van der Waals surface area contributed by atoms with Gasteiger partial charge >= 0.3 is 0 Å². The second kappa shape index (κ2) is 8.22. The Morgan fingerprint density at radius 2 is 1.80 bits per heavy atom. The summed E-state index contributed by atoms with van der Waals surface area (Å²) in [6.07, 6.45) is 3.76. The van der Waals surface area contributed by atoms with Gasteiger partial charge in [0.15, 0.2) is 0 Å². The standard InChI is InChI=1S/C21H32ClN3/c1-4-16(2)19(21(3,22)25-14-8-9-15-25)18(20-23-12-13-24-20)17-10-6-5-7-11-17/h5-7,10-11,18,20,23-24H,4,8-9,12-15H2,1-3H3/b19-16-. The van der Waals surface area contributed by atoms with Gasteiger partial charge in [0.25, 0.3) is 0 Å². The predicted octanol–water partition coefficient (Wildman–Crippen LogP) is 4.07. The number of benzene rings is 1. The fraction of sp³-hybridized carbons (Fsp3) is 0.619. The van der Waals surface area contributed by atoms with E-state index >= 15 is 0 Å². The second-order valence-electron chi connectivity index (χ2n) is 7.47. The van der Waals surface area contributed by atoms with Crippen LogP contribution in [0, 0.1) is 0 Å². The summed E-state index contributed by atoms with van der Waals surface area (Å²) in [5.74, 6) is 0.242. The predicted molar refractivity (Wildman–Crippen MR) is 107 cm³/mol. The van der Waals surface area contributed by atoms with Crippen LogP contribution in [-0.4, -0.2) is 42.2 Å². The number of alkyl halides is 1. The lowest BCUT2D eigenvalue weighted by Gasteiger charge is -2.42. The van der Waals surface area contributed by atoms with Crippen molar-refractivity contribution in [3.05, 3.63) is 47.0 Å². The molecule has 0 aliphatic carbocycles. The maximum atomic E-state index is 7.32. The zero-order valence-corrected chi connectivity index (χ0v) is 16.6. The van der Waals surface area contributed by atoms with E-state index in [4.69, 9.17) is 11.6 Å². The summed E-state index contributed by atoms with van der Waals surface area (Å²) in [7, 11) is 0. The number of likely N-dealkylation sites (tertiary alicyclic amines) is 1. The zero-order valence-electron chi connectivity index (χ0n) is 15.8. The van der Waals surface area contributed by atoms with Crippen LogP contribution in [0.4, 0.5) is 0 Å². The van der Waals surface area contributed by atoms with Crippen LogP contribution in [0.15, 0.2) is 41.5 Å². The van der Waals surface area contributed by atoms with Gasteiger partial charge in [0.05, 0.1) is 6.17 Å². The van der Waals surface area contributed by atoms with E-state index in [1.807, 2.05) is 0 Å². The third kappa shape index (κ3) is 3.95. The quantitative estimate of drug-likeness (QED) is 0.454. The monoisotopic (exact) mass is 361 g/mol. The van der Waals surface area contributed by atoms with Crippen molar-refractivity contribution < 1.29 is 0 Å². The normalized spacial score (nSPS) is 24.2. The van der Waals surface area contributed by atoms with Crippen molar-refractivity contribution in [2.24, 2.45) is 0 Å². The lowest BCUT2D eigenvalue weighted by molar-refractivity contribution is 0.236. The molecule has 1 aromatic rings. The minimum atomic E-state index is -0.441. The lowest BCUT2D eigenvalue weighted by Crippen LogP contribution is -2.48. The average Bonchev–Trinajstić information content (AvgIpc) is 3.33. The summed E-state index contributed by atoms with van der Waals surface area (Å²) in [5.41, 5.74) is 4.12. The third-order valence-electron chi connectivity index (χ3n) is 5.84. The van der Waals surface area contributed by atoms with Crippen molar-refractivity contribution in [1.82, 2.24) is 15.5 Å². The van der Waals surface area contributed by atoms with Crippen LogP contribution in [0.25, 0.3) is 0 Å². The first-order chi connectivity index (χ1) is 12.1. The summed E-state index contributed by atoms with van der Waals surface area (Å²) in [6, 6.07) is 10.8. The summed E-state index contributed by atoms with van der Waals surface area (Å²) >= 11 is 7.32. The second-order valence-corrected chi connectivity index (χ2v) is 8.21. The smallest absolute Gasteiger partial charge is 0.116 e. The van der Waals surface area contributed by atoms with Crippen LogP contribution in [0.5, 0.6) is 0 Å². The van der Waals surface area contributed by atoms with Crippen LogP contribution in [-0.2, 0) is 0 Å². The van der Waals surface area contributed by atoms with E-state index in [2.05, 4.69) is 66.6 Å². The van der Waals surface area contributed by atoms with E-state index in [1.54, 1.807) is 0 Å². The Hall–Kier alpha value is -0.870. The van der Waals surface area contributed by atoms with E-state index < -0.39 is 5.00 Å². The molecule has 138 valence electrons. The molecule has 4 heteroatoms. The van der Waals surface area contributed by atoms with Crippen molar-refractivity contribution in [3.63, 3.8) is 0 Å². The molecular formula is C21H32ClN3. The molecule has 3 nitrogen and oxygen atoms in total. The van der Waals surface area contributed by atoms with Crippen LogP contribution in [0.1, 0.15) is 51.5 Å². The Morgan fingerprint density at radius 1 is 1.20 bits per heavy atom. The first kappa shape index (κ1) is 18.9. The zero-order chi connectivity index (χ0) is 17.9. The SMILES string of the molecule is CC/C(C)=C(/C(c1ccccc1)C1NCCN1)C(C)(Cl)N1CCCC1. The van der Waals surface area contributed by atoms with Crippen LogP contribution < -0.4 is 10.6 Å². The van der Waals surface area contributed by atoms with E-state index in [0.717, 1.165) is 32.6 Å². The highest BCUT2D eigenvalue weighted by atomic mass is 35.5. The fourth-order valence-corrected chi connectivity index (χ4v) is 4.83. The number of nitrogens with zero attached hydrogens (tertiary/aromatic N) is 1. The fourth-order valence-electron chi connectivity index (χ4n) is 4.39.